The van der Waals surface area contributed by atoms with Crippen molar-refractivity contribution in [3.05, 3.63) is 34.4 Å². The number of aryl methyl sites for hydroxylation is 1. The van der Waals surface area contributed by atoms with Crippen molar-refractivity contribution in [3.63, 3.8) is 0 Å². The average molecular weight is 325 g/mol. The maximum absolute atomic E-state index is 5.24. The topological polar surface area (TPSA) is 47.1 Å². The van der Waals surface area contributed by atoms with Crippen LogP contribution in [0.4, 0.5) is 0 Å². The van der Waals surface area contributed by atoms with Gasteiger partial charge in [0.1, 0.15) is 5.76 Å². The molecule has 102 valence electrons. The fourth-order valence-corrected chi connectivity index (χ4v) is 2.85. The Kier molecular flexibility index (Phi) is 3.70. The molecule has 0 N–H and O–H groups in total. The lowest BCUT2D eigenvalue weighted by Crippen LogP contribution is -2.24. The van der Waals surface area contributed by atoms with Gasteiger partial charge in [0.15, 0.2) is 0 Å². The first kappa shape index (κ1) is 12.9. The van der Waals surface area contributed by atoms with Crippen LogP contribution in [0.25, 0.3) is 0 Å². The zero-order valence-electron chi connectivity index (χ0n) is 10.9. The van der Waals surface area contributed by atoms with Gasteiger partial charge < -0.3 is 9.42 Å². The van der Waals surface area contributed by atoms with Gasteiger partial charge in [0, 0.05) is 38.3 Å². The molecular formula is C13H17BrN4O. The Hall–Kier alpha value is -1.14. The SMILES string of the molecule is Cc1cc(CCN2CCC(n3cc(Br)cn3)C2)on1. The third-order valence-corrected chi connectivity index (χ3v) is 3.95. The molecule has 3 rings (SSSR count). The summed E-state index contributed by atoms with van der Waals surface area (Å²) in [6, 6.07) is 2.50. The van der Waals surface area contributed by atoms with Gasteiger partial charge in [0.25, 0.3) is 0 Å². The molecule has 0 spiro atoms. The summed E-state index contributed by atoms with van der Waals surface area (Å²) in [7, 11) is 0. The van der Waals surface area contributed by atoms with Crippen molar-refractivity contribution in [1.82, 2.24) is 19.8 Å². The molecule has 2 aromatic heterocycles. The van der Waals surface area contributed by atoms with E-state index in [1.807, 2.05) is 25.4 Å². The molecule has 1 aliphatic rings. The van der Waals surface area contributed by atoms with Crippen molar-refractivity contribution in [3.8, 4) is 0 Å². The predicted molar refractivity (Wildman–Crippen MR) is 75.0 cm³/mol. The van der Waals surface area contributed by atoms with E-state index in [1.165, 1.54) is 0 Å². The monoisotopic (exact) mass is 324 g/mol. The maximum Gasteiger partial charge on any atom is 0.138 e. The minimum absolute atomic E-state index is 0.489. The lowest BCUT2D eigenvalue weighted by molar-refractivity contribution is 0.301. The fourth-order valence-electron chi connectivity index (χ4n) is 2.55. The van der Waals surface area contributed by atoms with Gasteiger partial charge in [-0.05, 0) is 29.3 Å². The zero-order valence-corrected chi connectivity index (χ0v) is 12.5. The highest BCUT2D eigenvalue weighted by atomic mass is 79.9. The number of hydrogen-bond acceptors (Lipinski definition) is 4. The van der Waals surface area contributed by atoms with Crippen LogP contribution in [0.15, 0.2) is 27.5 Å². The van der Waals surface area contributed by atoms with E-state index in [4.69, 9.17) is 4.52 Å². The van der Waals surface area contributed by atoms with E-state index < -0.39 is 0 Å². The van der Waals surface area contributed by atoms with Crippen LogP contribution < -0.4 is 0 Å². The molecule has 1 aliphatic heterocycles. The maximum atomic E-state index is 5.24. The molecule has 6 heteroatoms. The number of likely N-dealkylation sites (tertiary alicyclic amines) is 1. The summed E-state index contributed by atoms with van der Waals surface area (Å²) in [5.41, 5.74) is 0.954. The Bertz CT molecular complexity index is 550. The first-order valence-corrected chi connectivity index (χ1v) is 7.34. The van der Waals surface area contributed by atoms with Crippen LogP contribution in [-0.4, -0.2) is 39.5 Å². The Morgan fingerprint density at radius 3 is 3.11 bits per heavy atom. The number of nitrogens with zero attached hydrogens (tertiary/aromatic N) is 4. The first-order chi connectivity index (χ1) is 9.20. The lowest BCUT2D eigenvalue weighted by Gasteiger charge is -2.15. The number of hydrogen-bond donors (Lipinski definition) is 0. The van der Waals surface area contributed by atoms with Crippen LogP contribution in [0.1, 0.15) is 23.9 Å². The van der Waals surface area contributed by atoms with Gasteiger partial charge in [0.05, 0.1) is 22.4 Å². The standard InChI is InChI=1S/C13H17BrN4O/c1-10-6-13(19-16-10)3-5-17-4-2-12(9-17)18-8-11(14)7-15-18/h6-8,12H,2-5,9H2,1H3. The Balaban J connectivity index is 1.52. The van der Waals surface area contributed by atoms with Crippen molar-refractivity contribution in [2.75, 3.05) is 19.6 Å². The normalized spacial score (nSPS) is 20.2. The zero-order chi connectivity index (χ0) is 13.2. The summed E-state index contributed by atoms with van der Waals surface area (Å²) in [5, 5.41) is 8.28. The van der Waals surface area contributed by atoms with Gasteiger partial charge in [0.2, 0.25) is 0 Å². The van der Waals surface area contributed by atoms with E-state index in [2.05, 4.69) is 35.8 Å². The summed E-state index contributed by atoms with van der Waals surface area (Å²) in [6.07, 6.45) is 5.98. The molecule has 19 heavy (non-hydrogen) atoms. The quantitative estimate of drug-likeness (QED) is 0.866. The average Bonchev–Trinajstić information content (AvgIpc) is 3.07. The van der Waals surface area contributed by atoms with Gasteiger partial charge in [-0.15, -0.1) is 0 Å². The Labute approximate surface area is 120 Å². The van der Waals surface area contributed by atoms with Gasteiger partial charge in [-0.25, -0.2) is 0 Å². The van der Waals surface area contributed by atoms with Gasteiger partial charge >= 0.3 is 0 Å². The molecule has 0 radical (unpaired) electrons. The van der Waals surface area contributed by atoms with Gasteiger partial charge in [-0.2, -0.15) is 5.10 Å². The second-order valence-electron chi connectivity index (χ2n) is 5.07. The highest BCUT2D eigenvalue weighted by molar-refractivity contribution is 9.10. The van der Waals surface area contributed by atoms with Crippen LogP contribution in [-0.2, 0) is 6.42 Å². The molecular weight excluding hydrogens is 308 g/mol. The number of rotatable bonds is 4. The second kappa shape index (κ2) is 5.46. The largest absolute Gasteiger partial charge is 0.361 e. The van der Waals surface area contributed by atoms with Gasteiger partial charge in [-0.1, -0.05) is 5.16 Å². The third kappa shape index (κ3) is 3.06. The smallest absolute Gasteiger partial charge is 0.138 e. The van der Waals surface area contributed by atoms with E-state index in [9.17, 15) is 0 Å². The summed E-state index contributed by atoms with van der Waals surface area (Å²) in [5.74, 6) is 0.975. The molecule has 1 fully saturated rings. The molecule has 0 aromatic carbocycles. The van der Waals surface area contributed by atoms with E-state index in [-0.39, 0.29) is 0 Å². The molecule has 1 unspecified atom stereocenters. The van der Waals surface area contributed by atoms with E-state index in [1.54, 1.807) is 0 Å². The molecule has 3 heterocycles. The Morgan fingerprint density at radius 1 is 1.53 bits per heavy atom. The van der Waals surface area contributed by atoms with Crippen LogP contribution in [0.3, 0.4) is 0 Å². The van der Waals surface area contributed by atoms with E-state index >= 15 is 0 Å². The number of halogens is 1. The van der Waals surface area contributed by atoms with Crippen LogP contribution in [0, 0.1) is 6.92 Å². The molecule has 0 aliphatic carbocycles. The van der Waals surface area contributed by atoms with Crippen molar-refractivity contribution in [1.29, 1.82) is 0 Å². The molecule has 0 saturated carbocycles. The molecule has 0 amide bonds. The molecule has 5 nitrogen and oxygen atoms in total. The minimum Gasteiger partial charge on any atom is -0.361 e. The fraction of sp³-hybridized carbons (Fsp3) is 0.538. The van der Waals surface area contributed by atoms with Crippen LogP contribution >= 0.6 is 15.9 Å². The summed E-state index contributed by atoms with van der Waals surface area (Å²) < 4.78 is 8.34. The lowest BCUT2D eigenvalue weighted by atomic mass is 10.3. The summed E-state index contributed by atoms with van der Waals surface area (Å²) in [4.78, 5) is 2.46. The summed E-state index contributed by atoms with van der Waals surface area (Å²) in [6.45, 7) is 5.15. The second-order valence-corrected chi connectivity index (χ2v) is 5.98. The first-order valence-electron chi connectivity index (χ1n) is 6.55. The van der Waals surface area contributed by atoms with Crippen molar-refractivity contribution < 1.29 is 4.52 Å². The molecule has 1 saturated heterocycles. The third-order valence-electron chi connectivity index (χ3n) is 3.54. The molecule has 1 atom stereocenters. The highest BCUT2D eigenvalue weighted by Gasteiger charge is 2.24. The van der Waals surface area contributed by atoms with E-state index in [0.29, 0.717) is 6.04 Å². The van der Waals surface area contributed by atoms with Crippen molar-refractivity contribution in [2.45, 2.75) is 25.8 Å². The summed E-state index contributed by atoms with van der Waals surface area (Å²) >= 11 is 3.44. The van der Waals surface area contributed by atoms with Crippen molar-refractivity contribution >= 4 is 15.9 Å². The highest BCUT2D eigenvalue weighted by Crippen LogP contribution is 2.22. The van der Waals surface area contributed by atoms with Crippen LogP contribution in [0.5, 0.6) is 0 Å². The predicted octanol–water partition coefficient (Wildman–Crippen LogP) is 2.43. The van der Waals surface area contributed by atoms with Gasteiger partial charge in [-0.3, -0.25) is 4.68 Å². The number of aromatic nitrogens is 3. The van der Waals surface area contributed by atoms with Crippen molar-refractivity contribution in [2.24, 2.45) is 0 Å². The molecule has 0 bridgehead atoms. The van der Waals surface area contributed by atoms with E-state index in [0.717, 1.165) is 48.4 Å². The molecule has 2 aromatic rings. The van der Waals surface area contributed by atoms with Crippen LogP contribution in [0.2, 0.25) is 0 Å². The Morgan fingerprint density at radius 2 is 2.42 bits per heavy atom. The minimum atomic E-state index is 0.489.